The molecular formula is C17H20N2O5. The monoisotopic (exact) mass is 332 g/mol. The van der Waals surface area contributed by atoms with Crippen molar-refractivity contribution in [2.45, 2.75) is 13.8 Å². The highest BCUT2D eigenvalue weighted by Gasteiger charge is 2.22. The molecule has 2 rings (SSSR count). The first-order valence-corrected chi connectivity index (χ1v) is 7.23. The topological polar surface area (TPSA) is 89.7 Å². The van der Waals surface area contributed by atoms with Crippen molar-refractivity contribution >= 4 is 17.6 Å². The number of hydrogen-bond acceptors (Lipinski definition) is 5. The average Bonchev–Trinajstić information content (AvgIpc) is 2.88. The highest BCUT2D eigenvalue weighted by molar-refractivity contribution is 6.07. The first kappa shape index (κ1) is 17.4. The summed E-state index contributed by atoms with van der Waals surface area (Å²) >= 11 is 0. The number of anilines is 1. The first-order valence-electron chi connectivity index (χ1n) is 7.23. The second-order valence-corrected chi connectivity index (χ2v) is 5.17. The van der Waals surface area contributed by atoms with Gasteiger partial charge in [0.2, 0.25) is 0 Å². The molecule has 0 atom stereocenters. The van der Waals surface area contributed by atoms with Gasteiger partial charge in [-0.25, -0.2) is 4.79 Å². The maximum atomic E-state index is 12.5. The maximum Gasteiger partial charge on any atom is 0.339 e. The Hall–Kier alpha value is -2.96. The summed E-state index contributed by atoms with van der Waals surface area (Å²) in [5.74, 6) is 0.253. The second-order valence-electron chi connectivity index (χ2n) is 5.17. The molecule has 1 aromatic heterocycles. The smallest absolute Gasteiger partial charge is 0.339 e. The van der Waals surface area contributed by atoms with Crippen LogP contribution >= 0.6 is 0 Å². The predicted molar refractivity (Wildman–Crippen MR) is 89.1 cm³/mol. The van der Waals surface area contributed by atoms with Crippen molar-refractivity contribution in [3.05, 3.63) is 40.7 Å². The minimum Gasteiger partial charge on any atom is -0.497 e. The molecule has 1 amide bonds. The number of aromatic nitrogens is 1. The number of aromatic amines is 1. The van der Waals surface area contributed by atoms with Gasteiger partial charge < -0.3 is 24.5 Å². The maximum absolute atomic E-state index is 12.5. The van der Waals surface area contributed by atoms with Crippen molar-refractivity contribution < 1.29 is 23.8 Å². The molecule has 0 saturated heterocycles. The van der Waals surface area contributed by atoms with E-state index >= 15 is 0 Å². The largest absolute Gasteiger partial charge is 0.497 e. The summed E-state index contributed by atoms with van der Waals surface area (Å²) in [7, 11) is 4.36. The molecule has 0 unspecified atom stereocenters. The van der Waals surface area contributed by atoms with Crippen molar-refractivity contribution in [3.8, 4) is 11.5 Å². The molecule has 0 bridgehead atoms. The molecule has 0 radical (unpaired) electrons. The molecule has 7 nitrogen and oxygen atoms in total. The van der Waals surface area contributed by atoms with E-state index in [0.29, 0.717) is 39.7 Å². The van der Waals surface area contributed by atoms with Crippen LogP contribution in [0.2, 0.25) is 0 Å². The fourth-order valence-electron chi connectivity index (χ4n) is 2.46. The molecule has 2 aromatic rings. The number of H-pyrrole nitrogens is 1. The molecule has 0 spiro atoms. The summed E-state index contributed by atoms with van der Waals surface area (Å²) in [4.78, 5) is 27.3. The number of aryl methyl sites for hydroxylation is 1. The Kier molecular flexibility index (Phi) is 5.13. The lowest BCUT2D eigenvalue weighted by Gasteiger charge is -2.10. The number of ether oxygens (including phenoxy) is 3. The molecule has 0 aliphatic carbocycles. The van der Waals surface area contributed by atoms with Gasteiger partial charge >= 0.3 is 5.97 Å². The van der Waals surface area contributed by atoms with Gasteiger partial charge in [-0.05, 0) is 19.4 Å². The Morgan fingerprint density at radius 3 is 2.08 bits per heavy atom. The van der Waals surface area contributed by atoms with Crippen molar-refractivity contribution in [2.75, 3.05) is 26.6 Å². The normalized spacial score (nSPS) is 10.2. The minimum atomic E-state index is -0.483. The van der Waals surface area contributed by atoms with Crippen LogP contribution in [0.25, 0.3) is 0 Å². The lowest BCUT2D eigenvalue weighted by Crippen LogP contribution is -2.14. The number of hydrogen-bond donors (Lipinski definition) is 2. The molecule has 1 aromatic carbocycles. The summed E-state index contributed by atoms with van der Waals surface area (Å²) in [5.41, 5.74) is 2.29. The fourth-order valence-corrected chi connectivity index (χ4v) is 2.46. The molecule has 24 heavy (non-hydrogen) atoms. The van der Waals surface area contributed by atoms with Crippen molar-refractivity contribution in [3.63, 3.8) is 0 Å². The van der Waals surface area contributed by atoms with E-state index in [4.69, 9.17) is 14.2 Å². The predicted octanol–water partition coefficient (Wildman–Crippen LogP) is 2.69. The zero-order chi connectivity index (χ0) is 17.9. The molecule has 2 N–H and O–H groups in total. The quantitative estimate of drug-likeness (QED) is 0.822. The number of rotatable bonds is 5. The average molecular weight is 332 g/mol. The Balaban J connectivity index is 2.32. The fraction of sp³-hybridized carbons (Fsp3) is 0.294. The summed E-state index contributed by atoms with van der Waals surface area (Å²) < 4.78 is 15.1. The Labute approximate surface area is 139 Å². The lowest BCUT2D eigenvalue weighted by molar-refractivity contribution is 0.0599. The van der Waals surface area contributed by atoms with E-state index in [9.17, 15) is 9.59 Å². The number of benzene rings is 1. The number of esters is 1. The third kappa shape index (κ3) is 3.34. The third-order valence-electron chi connectivity index (χ3n) is 3.66. The highest BCUT2D eigenvalue weighted by Crippen LogP contribution is 2.27. The van der Waals surface area contributed by atoms with Crippen LogP contribution in [0.3, 0.4) is 0 Å². The lowest BCUT2D eigenvalue weighted by atomic mass is 10.1. The van der Waals surface area contributed by atoms with Crippen LogP contribution in [0.1, 0.15) is 32.1 Å². The molecule has 1 heterocycles. The molecule has 0 fully saturated rings. The minimum absolute atomic E-state index is 0.301. The molecule has 0 saturated carbocycles. The first-order chi connectivity index (χ1) is 11.4. The standard InChI is InChI=1S/C17H20N2O5/c1-9-14(17(21)24-5)10(2)18-15(9)16(20)19-11-6-12(22-3)8-13(7-11)23-4/h6-8,18H,1-5H3,(H,19,20). The molecule has 0 aliphatic rings. The van der Waals surface area contributed by atoms with Gasteiger partial charge in [0.15, 0.2) is 0 Å². The third-order valence-corrected chi connectivity index (χ3v) is 3.66. The zero-order valence-electron chi connectivity index (χ0n) is 14.3. The van der Waals surface area contributed by atoms with Crippen molar-refractivity contribution in [2.24, 2.45) is 0 Å². The summed E-state index contributed by atoms with van der Waals surface area (Å²) in [5, 5.41) is 2.76. The second kappa shape index (κ2) is 7.08. The van der Waals surface area contributed by atoms with E-state index in [1.54, 1.807) is 32.0 Å². The zero-order valence-corrected chi connectivity index (χ0v) is 14.3. The SMILES string of the molecule is COC(=O)c1c(C)[nH]c(C(=O)Nc2cc(OC)cc(OC)c2)c1C. The van der Waals surface area contributed by atoms with Gasteiger partial charge in [0.25, 0.3) is 5.91 Å². The van der Waals surface area contributed by atoms with Gasteiger partial charge in [0.1, 0.15) is 17.2 Å². The van der Waals surface area contributed by atoms with E-state index in [2.05, 4.69) is 10.3 Å². The van der Waals surface area contributed by atoms with Crippen LogP contribution in [-0.2, 0) is 4.74 Å². The summed E-state index contributed by atoms with van der Waals surface area (Å²) in [6, 6.07) is 5.05. The Bertz CT molecular complexity index is 757. The number of nitrogens with one attached hydrogen (secondary N) is 2. The van der Waals surface area contributed by atoms with E-state index in [0.717, 1.165) is 0 Å². The van der Waals surface area contributed by atoms with Gasteiger partial charge in [-0.15, -0.1) is 0 Å². The van der Waals surface area contributed by atoms with Gasteiger partial charge in [-0.1, -0.05) is 0 Å². The number of carbonyl (C=O) groups is 2. The highest BCUT2D eigenvalue weighted by atomic mass is 16.5. The van der Waals surface area contributed by atoms with E-state index in [1.807, 2.05) is 0 Å². The van der Waals surface area contributed by atoms with Crippen LogP contribution in [0.4, 0.5) is 5.69 Å². The van der Waals surface area contributed by atoms with Crippen LogP contribution in [-0.4, -0.2) is 38.2 Å². The summed E-state index contributed by atoms with van der Waals surface area (Å²) in [6.45, 7) is 3.40. The molecule has 0 aliphatic heterocycles. The number of carbonyl (C=O) groups excluding carboxylic acids is 2. The van der Waals surface area contributed by atoms with Crippen molar-refractivity contribution in [1.82, 2.24) is 4.98 Å². The van der Waals surface area contributed by atoms with E-state index < -0.39 is 5.97 Å². The van der Waals surface area contributed by atoms with Gasteiger partial charge in [-0.2, -0.15) is 0 Å². The van der Waals surface area contributed by atoms with Crippen LogP contribution in [0.15, 0.2) is 18.2 Å². The number of methoxy groups -OCH3 is 3. The van der Waals surface area contributed by atoms with Crippen LogP contribution in [0, 0.1) is 13.8 Å². The summed E-state index contributed by atoms with van der Waals surface area (Å²) in [6.07, 6.45) is 0. The van der Waals surface area contributed by atoms with Gasteiger partial charge in [0, 0.05) is 29.6 Å². The van der Waals surface area contributed by atoms with Gasteiger partial charge in [0.05, 0.1) is 26.9 Å². The van der Waals surface area contributed by atoms with Crippen LogP contribution < -0.4 is 14.8 Å². The van der Waals surface area contributed by atoms with E-state index in [-0.39, 0.29) is 5.91 Å². The molecule has 7 heteroatoms. The van der Waals surface area contributed by atoms with Gasteiger partial charge in [-0.3, -0.25) is 4.79 Å². The van der Waals surface area contributed by atoms with Crippen molar-refractivity contribution in [1.29, 1.82) is 0 Å². The Morgan fingerprint density at radius 2 is 1.58 bits per heavy atom. The number of amides is 1. The Morgan fingerprint density at radius 1 is 1.00 bits per heavy atom. The van der Waals surface area contributed by atoms with E-state index in [1.165, 1.54) is 21.3 Å². The molecule has 128 valence electrons. The molecular weight excluding hydrogens is 312 g/mol. The van der Waals surface area contributed by atoms with Crippen LogP contribution in [0.5, 0.6) is 11.5 Å².